The molecule has 2 aliphatic rings. The molecule has 5 amide bonds. The molecule has 0 bridgehead atoms. The van der Waals surface area contributed by atoms with Gasteiger partial charge in [-0.3, -0.25) is 19.3 Å². The van der Waals surface area contributed by atoms with Crippen LogP contribution in [0.15, 0.2) is 47.8 Å². The summed E-state index contributed by atoms with van der Waals surface area (Å²) in [5.41, 5.74) is 1.10. The van der Waals surface area contributed by atoms with Crippen LogP contribution in [0, 0.1) is 0 Å². The molecule has 7 nitrogen and oxygen atoms in total. The molecule has 2 fully saturated rings. The van der Waals surface area contributed by atoms with Crippen molar-refractivity contribution in [2.75, 3.05) is 13.1 Å². The zero-order chi connectivity index (χ0) is 21.8. The second-order valence-corrected chi connectivity index (χ2v) is 8.95. The Morgan fingerprint density at radius 2 is 1.74 bits per heavy atom. The van der Waals surface area contributed by atoms with Crippen LogP contribution < -0.4 is 0 Å². The highest BCUT2D eigenvalue weighted by Crippen LogP contribution is 2.27. The van der Waals surface area contributed by atoms with Crippen molar-refractivity contribution in [3.8, 4) is 0 Å². The number of benzene rings is 1. The zero-order valence-electron chi connectivity index (χ0n) is 17.2. The van der Waals surface area contributed by atoms with Crippen molar-refractivity contribution >= 4 is 35.1 Å². The summed E-state index contributed by atoms with van der Waals surface area (Å²) in [6.45, 7) is 0.448. The van der Waals surface area contributed by atoms with Gasteiger partial charge >= 0.3 is 17.8 Å². The number of nitrogens with zero attached hydrogens (tertiary/aromatic N) is 3. The molecule has 1 aromatic carbocycles. The molecule has 1 aliphatic heterocycles. The summed E-state index contributed by atoms with van der Waals surface area (Å²) >= 11 is 1.55. The molecule has 2 aromatic rings. The summed E-state index contributed by atoms with van der Waals surface area (Å²) < 4.78 is 0. The standard InChI is InChI=1S/C23H25N3O4S/c27-20(16-25-21(28)22(29)26(23(25)30)18-9-4-5-10-18)24(15-19-11-6-14-31-19)13-12-17-7-2-1-3-8-17/h1-3,6-8,11,14,18H,4-5,9-10,12-13,15-16H2. The number of amides is 5. The maximum atomic E-state index is 13.1. The Morgan fingerprint density at radius 1 is 1.00 bits per heavy atom. The molecule has 0 N–H and O–H groups in total. The van der Waals surface area contributed by atoms with Crippen molar-refractivity contribution < 1.29 is 19.2 Å². The van der Waals surface area contributed by atoms with Gasteiger partial charge in [-0.05, 0) is 36.3 Å². The van der Waals surface area contributed by atoms with E-state index in [4.69, 9.17) is 0 Å². The molecule has 1 saturated heterocycles. The first-order valence-electron chi connectivity index (χ1n) is 10.6. The SMILES string of the molecule is O=C(CN1C(=O)C(=O)N(C2CCCC2)C1=O)N(CCc1ccccc1)Cc1cccs1. The molecule has 1 aromatic heterocycles. The average molecular weight is 440 g/mol. The minimum Gasteiger partial charge on any atom is -0.336 e. The van der Waals surface area contributed by atoms with Crippen molar-refractivity contribution in [1.82, 2.24) is 14.7 Å². The molecule has 4 rings (SSSR count). The minimum atomic E-state index is -0.899. The van der Waals surface area contributed by atoms with E-state index >= 15 is 0 Å². The maximum absolute atomic E-state index is 13.1. The highest BCUT2D eigenvalue weighted by Gasteiger charge is 2.48. The number of urea groups is 1. The summed E-state index contributed by atoms with van der Waals surface area (Å²) in [6.07, 6.45) is 3.96. The molecular weight excluding hydrogens is 414 g/mol. The van der Waals surface area contributed by atoms with Gasteiger partial charge in [0, 0.05) is 17.5 Å². The summed E-state index contributed by atoms with van der Waals surface area (Å²) in [5.74, 6) is -2.05. The predicted octanol–water partition coefficient (Wildman–Crippen LogP) is 3.05. The normalized spacial score (nSPS) is 17.1. The number of hydrogen-bond acceptors (Lipinski definition) is 5. The molecule has 0 spiro atoms. The monoisotopic (exact) mass is 439 g/mol. The lowest BCUT2D eigenvalue weighted by molar-refractivity contribution is -0.145. The van der Waals surface area contributed by atoms with Crippen LogP contribution in [0.3, 0.4) is 0 Å². The van der Waals surface area contributed by atoms with Gasteiger partial charge in [-0.2, -0.15) is 0 Å². The highest BCUT2D eigenvalue weighted by atomic mass is 32.1. The van der Waals surface area contributed by atoms with Crippen LogP contribution in [0.5, 0.6) is 0 Å². The second-order valence-electron chi connectivity index (χ2n) is 7.92. The third kappa shape index (κ3) is 4.69. The molecule has 8 heteroatoms. The van der Waals surface area contributed by atoms with Crippen LogP contribution in [0.2, 0.25) is 0 Å². The average Bonchev–Trinajstić information content (AvgIpc) is 3.52. The molecule has 0 unspecified atom stereocenters. The lowest BCUT2D eigenvalue weighted by Crippen LogP contribution is -2.44. The Morgan fingerprint density at radius 3 is 2.42 bits per heavy atom. The highest BCUT2D eigenvalue weighted by molar-refractivity contribution is 7.09. The molecular formula is C23H25N3O4S. The lowest BCUT2D eigenvalue weighted by atomic mass is 10.1. The first-order chi connectivity index (χ1) is 15.0. The smallest absolute Gasteiger partial charge is 0.334 e. The number of hydrogen-bond donors (Lipinski definition) is 0. The number of imide groups is 2. The predicted molar refractivity (Wildman–Crippen MR) is 116 cm³/mol. The number of carbonyl (C=O) groups is 4. The van der Waals surface area contributed by atoms with E-state index in [9.17, 15) is 19.2 Å². The molecule has 31 heavy (non-hydrogen) atoms. The van der Waals surface area contributed by atoms with Crippen LogP contribution in [0.25, 0.3) is 0 Å². The molecule has 1 aliphatic carbocycles. The van der Waals surface area contributed by atoms with Gasteiger partial charge < -0.3 is 4.90 Å². The van der Waals surface area contributed by atoms with Crippen molar-refractivity contribution in [3.63, 3.8) is 0 Å². The van der Waals surface area contributed by atoms with E-state index in [2.05, 4.69) is 0 Å². The van der Waals surface area contributed by atoms with Crippen molar-refractivity contribution in [1.29, 1.82) is 0 Å². The van der Waals surface area contributed by atoms with Gasteiger partial charge in [-0.15, -0.1) is 11.3 Å². The largest absolute Gasteiger partial charge is 0.336 e. The molecule has 1 saturated carbocycles. The van der Waals surface area contributed by atoms with Crippen molar-refractivity contribution in [2.24, 2.45) is 0 Å². The summed E-state index contributed by atoms with van der Waals surface area (Å²) in [5, 5.41) is 1.95. The van der Waals surface area contributed by atoms with E-state index in [0.29, 0.717) is 32.4 Å². The fraction of sp³-hybridized carbons (Fsp3) is 0.391. The summed E-state index contributed by atoms with van der Waals surface area (Å²) in [7, 11) is 0. The Labute approximate surface area is 185 Å². The molecule has 0 radical (unpaired) electrons. The van der Waals surface area contributed by atoms with E-state index in [1.807, 2.05) is 47.8 Å². The van der Waals surface area contributed by atoms with Crippen LogP contribution in [0.1, 0.15) is 36.1 Å². The first-order valence-corrected chi connectivity index (χ1v) is 11.5. The fourth-order valence-electron chi connectivity index (χ4n) is 4.17. The number of carbonyl (C=O) groups excluding carboxylic acids is 4. The fourth-order valence-corrected chi connectivity index (χ4v) is 4.89. The Bertz CT molecular complexity index is 954. The van der Waals surface area contributed by atoms with Crippen LogP contribution in [-0.2, 0) is 27.3 Å². The minimum absolute atomic E-state index is 0.232. The van der Waals surface area contributed by atoms with Crippen LogP contribution >= 0.6 is 11.3 Å². The Kier molecular flexibility index (Phi) is 6.46. The van der Waals surface area contributed by atoms with Gasteiger partial charge in [0.15, 0.2) is 0 Å². The number of rotatable bonds is 8. The van der Waals surface area contributed by atoms with Gasteiger partial charge in [0.1, 0.15) is 6.54 Å². The maximum Gasteiger partial charge on any atom is 0.334 e. The van der Waals surface area contributed by atoms with Crippen LogP contribution in [-0.4, -0.2) is 57.6 Å². The molecule has 162 valence electrons. The van der Waals surface area contributed by atoms with E-state index < -0.39 is 24.4 Å². The summed E-state index contributed by atoms with van der Waals surface area (Å²) in [4.78, 5) is 55.4. The Balaban J connectivity index is 1.46. The Hall–Kier alpha value is -3.00. The van der Waals surface area contributed by atoms with Crippen molar-refractivity contribution in [2.45, 2.75) is 44.7 Å². The third-order valence-corrected chi connectivity index (χ3v) is 6.72. The zero-order valence-corrected chi connectivity index (χ0v) is 18.1. The first kappa shape index (κ1) is 21.2. The van der Waals surface area contributed by atoms with Crippen molar-refractivity contribution in [3.05, 3.63) is 58.3 Å². The van der Waals surface area contributed by atoms with Gasteiger partial charge in [-0.25, -0.2) is 9.69 Å². The number of thiophene rings is 1. The van der Waals surface area contributed by atoms with E-state index in [0.717, 1.165) is 33.1 Å². The third-order valence-electron chi connectivity index (χ3n) is 5.86. The molecule has 2 heterocycles. The van der Waals surface area contributed by atoms with Gasteiger partial charge in [0.25, 0.3) is 0 Å². The van der Waals surface area contributed by atoms with E-state index in [1.54, 1.807) is 16.2 Å². The molecule has 0 atom stereocenters. The van der Waals surface area contributed by atoms with E-state index in [-0.39, 0.29) is 11.9 Å². The van der Waals surface area contributed by atoms with Crippen LogP contribution in [0.4, 0.5) is 4.79 Å². The van der Waals surface area contributed by atoms with Gasteiger partial charge in [-0.1, -0.05) is 49.2 Å². The quantitative estimate of drug-likeness (QED) is 0.468. The topological polar surface area (TPSA) is 78.0 Å². The second kappa shape index (κ2) is 9.43. The summed E-state index contributed by atoms with van der Waals surface area (Å²) in [6, 6.07) is 12.8. The lowest BCUT2D eigenvalue weighted by Gasteiger charge is -2.25. The van der Waals surface area contributed by atoms with E-state index in [1.165, 1.54) is 0 Å². The van der Waals surface area contributed by atoms with Gasteiger partial charge in [0.05, 0.1) is 6.54 Å². The van der Waals surface area contributed by atoms with Gasteiger partial charge in [0.2, 0.25) is 5.91 Å².